The van der Waals surface area contributed by atoms with E-state index in [9.17, 15) is 0 Å². The lowest BCUT2D eigenvalue weighted by molar-refractivity contribution is 0.289. The van der Waals surface area contributed by atoms with Crippen LogP contribution >= 0.6 is 11.3 Å². The summed E-state index contributed by atoms with van der Waals surface area (Å²) in [5.41, 5.74) is 4.48. The second-order valence-corrected chi connectivity index (χ2v) is 5.62. The SMILES string of the molecule is CCCCOc1cccc(-c2sc(NN)nc2C)c1OC. The normalized spacial score (nSPS) is 10.5. The number of nitrogens with two attached hydrogens (primary N) is 1. The number of unbranched alkanes of at least 4 members (excludes halogenated alkanes) is 1. The van der Waals surface area contributed by atoms with Crippen LogP contribution in [0.2, 0.25) is 0 Å². The van der Waals surface area contributed by atoms with Crippen LogP contribution in [0, 0.1) is 6.92 Å². The summed E-state index contributed by atoms with van der Waals surface area (Å²) in [6.07, 6.45) is 2.12. The Hall–Kier alpha value is -1.79. The van der Waals surface area contributed by atoms with Gasteiger partial charge in [-0.2, -0.15) is 0 Å². The average Bonchev–Trinajstić information content (AvgIpc) is 2.88. The summed E-state index contributed by atoms with van der Waals surface area (Å²) in [4.78, 5) is 5.40. The highest BCUT2D eigenvalue weighted by Crippen LogP contribution is 2.42. The summed E-state index contributed by atoms with van der Waals surface area (Å²) in [5.74, 6) is 6.94. The monoisotopic (exact) mass is 307 g/mol. The molecule has 0 saturated heterocycles. The number of para-hydroxylation sites is 1. The maximum absolute atomic E-state index is 5.82. The Morgan fingerprint density at radius 1 is 1.38 bits per heavy atom. The molecule has 0 saturated carbocycles. The smallest absolute Gasteiger partial charge is 0.197 e. The third-order valence-electron chi connectivity index (χ3n) is 3.10. The molecule has 1 aromatic carbocycles. The standard InChI is InChI=1S/C15H21N3O2S/c1-4-5-9-20-12-8-6-7-11(13(12)19-3)14-10(2)17-15(18-16)21-14/h6-8H,4-5,9,16H2,1-3H3,(H,17,18). The van der Waals surface area contributed by atoms with Gasteiger partial charge in [-0.15, -0.1) is 0 Å². The first kappa shape index (κ1) is 15.6. The van der Waals surface area contributed by atoms with E-state index in [4.69, 9.17) is 15.3 Å². The molecule has 2 aromatic rings. The molecular formula is C15H21N3O2S. The van der Waals surface area contributed by atoms with Gasteiger partial charge in [-0.05, 0) is 25.5 Å². The molecule has 0 atom stereocenters. The van der Waals surface area contributed by atoms with E-state index in [-0.39, 0.29) is 0 Å². The number of thiazole rings is 1. The maximum atomic E-state index is 5.82. The number of nitrogen functional groups attached to an aromatic ring is 1. The van der Waals surface area contributed by atoms with Crippen LogP contribution in [0.3, 0.4) is 0 Å². The minimum atomic E-state index is 0.682. The molecule has 21 heavy (non-hydrogen) atoms. The van der Waals surface area contributed by atoms with Gasteiger partial charge in [-0.1, -0.05) is 30.7 Å². The number of hydrogen-bond acceptors (Lipinski definition) is 6. The highest BCUT2D eigenvalue weighted by atomic mass is 32.1. The van der Waals surface area contributed by atoms with Gasteiger partial charge in [0.15, 0.2) is 16.6 Å². The topological polar surface area (TPSA) is 69.4 Å². The summed E-state index contributed by atoms with van der Waals surface area (Å²) >= 11 is 1.50. The van der Waals surface area contributed by atoms with Gasteiger partial charge in [0.05, 0.1) is 24.3 Å². The predicted molar refractivity (Wildman–Crippen MR) is 87.1 cm³/mol. The van der Waals surface area contributed by atoms with Gasteiger partial charge in [0.2, 0.25) is 0 Å². The summed E-state index contributed by atoms with van der Waals surface area (Å²) < 4.78 is 11.4. The molecule has 5 nitrogen and oxygen atoms in total. The number of hydrogen-bond donors (Lipinski definition) is 2. The summed E-state index contributed by atoms with van der Waals surface area (Å²) in [6, 6.07) is 5.90. The number of aryl methyl sites for hydroxylation is 1. The Labute approximate surface area is 129 Å². The van der Waals surface area contributed by atoms with Crippen LogP contribution in [-0.2, 0) is 0 Å². The zero-order chi connectivity index (χ0) is 15.2. The van der Waals surface area contributed by atoms with Crippen LogP contribution in [0.5, 0.6) is 11.5 Å². The Balaban J connectivity index is 2.38. The lowest BCUT2D eigenvalue weighted by Gasteiger charge is -2.13. The van der Waals surface area contributed by atoms with Crippen molar-refractivity contribution in [1.29, 1.82) is 0 Å². The fraction of sp³-hybridized carbons (Fsp3) is 0.400. The fourth-order valence-electron chi connectivity index (χ4n) is 2.05. The number of hydrazine groups is 1. The van der Waals surface area contributed by atoms with Gasteiger partial charge < -0.3 is 9.47 Å². The molecule has 0 bridgehead atoms. The molecule has 0 radical (unpaired) electrons. The summed E-state index contributed by atoms with van der Waals surface area (Å²) in [6.45, 7) is 4.78. The van der Waals surface area contributed by atoms with E-state index in [1.807, 2.05) is 25.1 Å². The van der Waals surface area contributed by atoms with Crippen molar-refractivity contribution in [2.75, 3.05) is 19.1 Å². The molecule has 0 aliphatic rings. The van der Waals surface area contributed by atoms with Crippen LogP contribution in [0.25, 0.3) is 10.4 Å². The van der Waals surface area contributed by atoms with E-state index in [2.05, 4.69) is 17.3 Å². The van der Waals surface area contributed by atoms with E-state index in [0.29, 0.717) is 11.7 Å². The lowest BCUT2D eigenvalue weighted by atomic mass is 10.1. The molecule has 0 spiro atoms. The van der Waals surface area contributed by atoms with Gasteiger partial charge >= 0.3 is 0 Å². The molecule has 0 aliphatic heterocycles. The highest BCUT2D eigenvalue weighted by Gasteiger charge is 2.17. The quantitative estimate of drug-likeness (QED) is 0.465. The summed E-state index contributed by atoms with van der Waals surface area (Å²) in [5, 5.41) is 0.682. The number of rotatable bonds is 7. The molecular weight excluding hydrogens is 286 g/mol. The lowest BCUT2D eigenvalue weighted by Crippen LogP contribution is -2.05. The van der Waals surface area contributed by atoms with Crippen LogP contribution in [0.4, 0.5) is 5.13 Å². The second kappa shape index (κ2) is 7.28. The molecule has 2 rings (SSSR count). The number of nitrogens with one attached hydrogen (secondary N) is 1. The molecule has 0 unspecified atom stereocenters. The van der Waals surface area contributed by atoms with Gasteiger partial charge in [0.1, 0.15) is 0 Å². The van der Waals surface area contributed by atoms with Crippen molar-refractivity contribution in [3.8, 4) is 21.9 Å². The number of methoxy groups -OCH3 is 1. The van der Waals surface area contributed by atoms with Gasteiger partial charge in [0.25, 0.3) is 0 Å². The van der Waals surface area contributed by atoms with Crippen LogP contribution < -0.4 is 20.7 Å². The van der Waals surface area contributed by atoms with E-state index < -0.39 is 0 Å². The predicted octanol–water partition coefficient (Wildman–Crippen LogP) is 3.59. The zero-order valence-electron chi connectivity index (χ0n) is 12.6. The minimum absolute atomic E-state index is 0.682. The summed E-state index contributed by atoms with van der Waals surface area (Å²) in [7, 11) is 1.66. The van der Waals surface area contributed by atoms with E-state index in [1.54, 1.807) is 7.11 Å². The average molecular weight is 307 g/mol. The van der Waals surface area contributed by atoms with Gasteiger partial charge in [-0.3, -0.25) is 5.43 Å². The Morgan fingerprint density at radius 3 is 2.81 bits per heavy atom. The molecule has 1 aromatic heterocycles. The molecule has 0 amide bonds. The van der Waals surface area contributed by atoms with Crippen molar-refractivity contribution in [1.82, 2.24) is 4.98 Å². The zero-order valence-corrected chi connectivity index (χ0v) is 13.4. The third-order valence-corrected chi connectivity index (χ3v) is 4.23. The first-order valence-corrected chi connectivity index (χ1v) is 7.77. The minimum Gasteiger partial charge on any atom is -0.492 e. The molecule has 0 fully saturated rings. The molecule has 1 heterocycles. The Kier molecular flexibility index (Phi) is 5.41. The maximum Gasteiger partial charge on any atom is 0.197 e. The second-order valence-electron chi connectivity index (χ2n) is 4.62. The number of ether oxygens (including phenoxy) is 2. The first-order chi connectivity index (χ1) is 10.2. The molecule has 3 N–H and O–H groups in total. The van der Waals surface area contributed by atoms with E-state index in [0.717, 1.165) is 40.5 Å². The van der Waals surface area contributed by atoms with Crippen LogP contribution in [-0.4, -0.2) is 18.7 Å². The highest BCUT2D eigenvalue weighted by molar-refractivity contribution is 7.19. The van der Waals surface area contributed by atoms with E-state index in [1.165, 1.54) is 11.3 Å². The fourth-order valence-corrected chi connectivity index (χ4v) is 2.95. The van der Waals surface area contributed by atoms with Crippen molar-refractivity contribution in [2.45, 2.75) is 26.7 Å². The first-order valence-electron chi connectivity index (χ1n) is 6.95. The van der Waals surface area contributed by atoms with E-state index >= 15 is 0 Å². The number of benzene rings is 1. The third kappa shape index (κ3) is 3.46. The van der Waals surface area contributed by atoms with Crippen molar-refractivity contribution < 1.29 is 9.47 Å². The molecule has 114 valence electrons. The van der Waals surface area contributed by atoms with Crippen molar-refractivity contribution in [3.63, 3.8) is 0 Å². The van der Waals surface area contributed by atoms with Crippen molar-refractivity contribution >= 4 is 16.5 Å². The van der Waals surface area contributed by atoms with Gasteiger partial charge in [0, 0.05) is 5.56 Å². The Morgan fingerprint density at radius 2 is 2.19 bits per heavy atom. The van der Waals surface area contributed by atoms with Crippen molar-refractivity contribution in [2.24, 2.45) is 5.84 Å². The van der Waals surface area contributed by atoms with Crippen molar-refractivity contribution in [3.05, 3.63) is 23.9 Å². The Bertz CT molecular complexity index is 599. The van der Waals surface area contributed by atoms with Gasteiger partial charge in [-0.25, -0.2) is 10.8 Å². The van der Waals surface area contributed by atoms with Crippen LogP contribution in [0.1, 0.15) is 25.5 Å². The number of aromatic nitrogens is 1. The largest absolute Gasteiger partial charge is 0.492 e. The molecule has 6 heteroatoms. The molecule has 0 aliphatic carbocycles. The number of nitrogens with zero attached hydrogens (tertiary/aromatic N) is 1. The van der Waals surface area contributed by atoms with Crippen LogP contribution in [0.15, 0.2) is 18.2 Å². The number of anilines is 1.